The maximum Gasteiger partial charge on any atom is 0.140 e. The Labute approximate surface area is 261 Å². The number of nitrogens with zero attached hydrogens (tertiary/aromatic N) is 4. The summed E-state index contributed by atoms with van der Waals surface area (Å²) in [6.07, 6.45) is 3.67. The SMILES string of the molecule is CC.CC.Cn1c2ccccc2c2cccnc21.Cn1c2ccccc2c2cccnc21.c1ccc(-c2ccccc2)cc1. The van der Waals surface area contributed by atoms with Crippen LogP contribution in [0.5, 0.6) is 0 Å². The first-order chi connectivity index (χ1) is 21.7. The fourth-order valence-electron chi connectivity index (χ4n) is 5.23. The molecule has 4 nitrogen and oxygen atoms in total. The second kappa shape index (κ2) is 15.9. The van der Waals surface area contributed by atoms with Gasteiger partial charge < -0.3 is 9.13 Å². The molecule has 4 aromatic heterocycles. The van der Waals surface area contributed by atoms with Crippen LogP contribution < -0.4 is 0 Å². The van der Waals surface area contributed by atoms with Crippen molar-refractivity contribution >= 4 is 43.9 Å². The van der Waals surface area contributed by atoms with Crippen molar-refractivity contribution in [3.8, 4) is 11.1 Å². The highest BCUT2D eigenvalue weighted by molar-refractivity contribution is 6.07. The fourth-order valence-corrected chi connectivity index (χ4v) is 5.23. The zero-order valence-corrected chi connectivity index (χ0v) is 26.6. The maximum atomic E-state index is 4.38. The van der Waals surface area contributed by atoms with E-state index in [2.05, 4.69) is 142 Å². The van der Waals surface area contributed by atoms with Crippen LogP contribution in [0.1, 0.15) is 27.7 Å². The second-order valence-electron chi connectivity index (χ2n) is 9.63. The molecule has 0 saturated heterocycles. The molecule has 222 valence electrons. The number of pyridine rings is 2. The van der Waals surface area contributed by atoms with Gasteiger partial charge in [0, 0.05) is 48.0 Å². The lowest BCUT2D eigenvalue weighted by Gasteiger charge is -1.98. The highest BCUT2D eigenvalue weighted by Gasteiger charge is 2.07. The van der Waals surface area contributed by atoms with Gasteiger partial charge in [-0.3, -0.25) is 0 Å². The molecule has 0 unspecified atom stereocenters. The van der Waals surface area contributed by atoms with Crippen molar-refractivity contribution in [2.24, 2.45) is 14.1 Å². The van der Waals surface area contributed by atoms with Crippen LogP contribution in [0.3, 0.4) is 0 Å². The third-order valence-electron chi connectivity index (χ3n) is 7.20. The molecule has 8 rings (SSSR count). The summed E-state index contributed by atoms with van der Waals surface area (Å²) >= 11 is 0. The molecule has 0 aliphatic heterocycles. The summed E-state index contributed by atoms with van der Waals surface area (Å²) in [5.74, 6) is 0. The number of hydrogen-bond acceptors (Lipinski definition) is 2. The van der Waals surface area contributed by atoms with Gasteiger partial charge in [-0.05, 0) is 47.5 Å². The number of benzene rings is 4. The van der Waals surface area contributed by atoms with E-state index >= 15 is 0 Å². The molecule has 0 radical (unpaired) electrons. The molecule has 0 aliphatic rings. The molecule has 0 fully saturated rings. The van der Waals surface area contributed by atoms with E-state index in [0.717, 1.165) is 11.3 Å². The Balaban J connectivity index is 0.000000143. The van der Waals surface area contributed by atoms with E-state index in [1.807, 2.05) is 64.4 Å². The zero-order valence-electron chi connectivity index (χ0n) is 26.6. The third-order valence-corrected chi connectivity index (χ3v) is 7.20. The van der Waals surface area contributed by atoms with Crippen molar-refractivity contribution in [1.82, 2.24) is 19.1 Å². The van der Waals surface area contributed by atoms with Gasteiger partial charge in [0.05, 0.1) is 11.0 Å². The summed E-state index contributed by atoms with van der Waals surface area (Å²) in [6.45, 7) is 8.00. The van der Waals surface area contributed by atoms with E-state index in [9.17, 15) is 0 Å². The molecule has 0 atom stereocenters. The topological polar surface area (TPSA) is 35.6 Å². The van der Waals surface area contributed by atoms with E-state index in [4.69, 9.17) is 0 Å². The van der Waals surface area contributed by atoms with Gasteiger partial charge in [-0.2, -0.15) is 0 Å². The summed E-state index contributed by atoms with van der Waals surface area (Å²) in [4.78, 5) is 8.76. The fraction of sp³-hybridized carbons (Fsp3) is 0.150. The van der Waals surface area contributed by atoms with Gasteiger partial charge in [-0.25, -0.2) is 9.97 Å². The number of hydrogen-bond donors (Lipinski definition) is 0. The molecule has 8 aromatic rings. The van der Waals surface area contributed by atoms with Crippen molar-refractivity contribution in [1.29, 1.82) is 0 Å². The average Bonchev–Trinajstić information content (AvgIpc) is 3.59. The number of aromatic nitrogens is 4. The van der Waals surface area contributed by atoms with Crippen LogP contribution in [-0.2, 0) is 14.1 Å². The minimum absolute atomic E-state index is 1.05. The Kier molecular flexibility index (Phi) is 11.4. The van der Waals surface area contributed by atoms with Gasteiger partial charge in [-0.1, -0.05) is 125 Å². The monoisotopic (exact) mass is 578 g/mol. The van der Waals surface area contributed by atoms with Crippen molar-refractivity contribution in [3.05, 3.63) is 146 Å². The first-order valence-electron chi connectivity index (χ1n) is 15.4. The smallest absolute Gasteiger partial charge is 0.140 e. The van der Waals surface area contributed by atoms with Gasteiger partial charge in [0.1, 0.15) is 11.3 Å². The molecule has 0 bridgehead atoms. The Morgan fingerprint density at radius 2 is 0.682 bits per heavy atom. The molecular weight excluding hydrogens is 536 g/mol. The van der Waals surface area contributed by atoms with Crippen LogP contribution in [0, 0.1) is 0 Å². The summed E-state index contributed by atoms with van der Waals surface area (Å²) in [7, 11) is 4.11. The summed E-state index contributed by atoms with van der Waals surface area (Å²) in [5, 5.41) is 5.01. The molecular formula is C40H42N4. The van der Waals surface area contributed by atoms with Gasteiger partial charge in [0.2, 0.25) is 0 Å². The first kappa shape index (κ1) is 31.7. The van der Waals surface area contributed by atoms with E-state index in [1.54, 1.807) is 0 Å². The van der Waals surface area contributed by atoms with Gasteiger partial charge in [0.25, 0.3) is 0 Å². The molecule has 4 heterocycles. The van der Waals surface area contributed by atoms with Crippen LogP contribution in [0.15, 0.2) is 146 Å². The zero-order chi connectivity index (χ0) is 31.3. The Morgan fingerprint density at radius 3 is 1.07 bits per heavy atom. The minimum Gasteiger partial charge on any atom is -0.328 e. The lowest BCUT2D eigenvalue weighted by atomic mass is 10.1. The van der Waals surface area contributed by atoms with E-state index in [1.165, 1.54) is 43.7 Å². The lowest BCUT2D eigenvalue weighted by Crippen LogP contribution is -1.87. The number of aryl methyl sites for hydroxylation is 2. The number of rotatable bonds is 1. The average molecular weight is 579 g/mol. The molecule has 44 heavy (non-hydrogen) atoms. The van der Waals surface area contributed by atoms with Crippen molar-refractivity contribution < 1.29 is 0 Å². The standard InChI is InChI=1S/2C12H10N2.C12H10.2C2H6/c2*1-14-11-7-3-2-5-9(11)10-6-4-8-13-12(10)14;1-3-7-11(8-4-1)12-9-5-2-6-10-12;2*1-2/h2*2-8H,1H3;1-10H;2*1-2H3. The molecule has 0 N–H and O–H groups in total. The predicted molar refractivity (Wildman–Crippen MR) is 191 cm³/mol. The Hall–Kier alpha value is -5.22. The van der Waals surface area contributed by atoms with Gasteiger partial charge in [0.15, 0.2) is 0 Å². The lowest BCUT2D eigenvalue weighted by molar-refractivity contribution is 0.990. The highest BCUT2D eigenvalue weighted by atomic mass is 15.0. The largest absolute Gasteiger partial charge is 0.328 e. The van der Waals surface area contributed by atoms with E-state index in [0.29, 0.717) is 0 Å². The summed E-state index contributed by atoms with van der Waals surface area (Å²) in [6, 6.07) is 45.7. The first-order valence-corrected chi connectivity index (χ1v) is 15.4. The van der Waals surface area contributed by atoms with Gasteiger partial charge >= 0.3 is 0 Å². The number of fused-ring (bicyclic) bond motifs is 6. The molecule has 4 heteroatoms. The summed E-state index contributed by atoms with van der Waals surface area (Å²) < 4.78 is 4.26. The minimum atomic E-state index is 1.05. The van der Waals surface area contributed by atoms with E-state index in [-0.39, 0.29) is 0 Å². The Bertz CT molecular complexity index is 1760. The number of para-hydroxylation sites is 2. The van der Waals surface area contributed by atoms with Crippen LogP contribution in [0.25, 0.3) is 55.0 Å². The molecule has 0 aliphatic carbocycles. The second-order valence-corrected chi connectivity index (χ2v) is 9.63. The summed E-state index contributed by atoms with van der Waals surface area (Å²) in [5.41, 5.74) is 7.13. The highest BCUT2D eigenvalue weighted by Crippen LogP contribution is 2.26. The van der Waals surface area contributed by atoms with Crippen molar-refractivity contribution in [3.63, 3.8) is 0 Å². The predicted octanol–water partition coefficient (Wildman–Crippen LogP) is 10.9. The molecule has 4 aromatic carbocycles. The third kappa shape index (κ3) is 6.87. The maximum absolute atomic E-state index is 4.38. The molecule has 0 spiro atoms. The molecule has 0 saturated carbocycles. The molecule has 0 amide bonds. The van der Waals surface area contributed by atoms with Crippen LogP contribution in [0.2, 0.25) is 0 Å². The van der Waals surface area contributed by atoms with Crippen LogP contribution in [0.4, 0.5) is 0 Å². The normalized spacial score (nSPS) is 10.0. The van der Waals surface area contributed by atoms with Gasteiger partial charge in [-0.15, -0.1) is 0 Å². The van der Waals surface area contributed by atoms with Crippen molar-refractivity contribution in [2.45, 2.75) is 27.7 Å². The van der Waals surface area contributed by atoms with Crippen molar-refractivity contribution in [2.75, 3.05) is 0 Å². The quantitative estimate of drug-likeness (QED) is 0.194. The van der Waals surface area contributed by atoms with Crippen LogP contribution >= 0.6 is 0 Å². The Morgan fingerprint density at radius 1 is 0.364 bits per heavy atom. The van der Waals surface area contributed by atoms with Crippen LogP contribution in [-0.4, -0.2) is 19.1 Å². The van der Waals surface area contributed by atoms with E-state index < -0.39 is 0 Å².